The van der Waals surface area contributed by atoms with Gasteiger partial charge in [-0.15, -0.1) is 0 Å². The Kier molecular flexibility index (Phi) is 9.29. The van der Waals surface area contributed by atoms with Crippen LogP contribution in [0.1, 0.15) is 55.7 Å². The Hall–Kier alpha value is -2.28. The van der Waals surface area contributed by atoms with Gasteiger partial charge >= 0.3 is 5.97 Å². The molecular formula is C20H27NO3. The van der Waals surface area contributed by atoms with Crippen LogP contribution in [0, 0.1) is 18.8 Å². The zero-order chi connectivity index (χ0) is 17.8. The zero-order valence-electron chi connectivity index (χ0n) is 15.1. The van der Waals surface area contributed by atoms with Crippen molar-refractivity contribution >= 4 is 11.7 Å². The Labute approximate surface area is 145 Å². The fraction of sp³-hybridized carbons (Fsp3) is 0.500. The lowest BCUT2D eigenvalue weighted by Gasteiger charge is -2.07. The van der Waals surface area contributed by atoms with Crippen LogP contribution in [0.3, 0.4) is 0 Å². The number of benzene rings is 1. The van der Waals surface area contributed by atoms with Gasteiger partial charge in [0.1, 0.15) is 7.11 Å². The highest BCUT2D eigenvalue weighted by molar-refractivity contribution is 6.36. The molecule has 1 rings (SSSR count). The molecule has 0 saturated carbocycles. The predicted molar refractivity (Wildman–Crippen MR) is 97.0 cm³/mol. The third-order valence-corrected chi connectivity index (χ3v) is 3.72. The van der Waals surface area contributed by atoms with Crippen LogP contribution in [0.4, 0.5) is 0 Å². The van der Waals surface area contributed by atoms with Gasteiger partial charge in [0.25, 0.3) is 0 Å². The first kappa shape index (κ1) is 19.8. The summed E-state index contributed by atoms with van der Waals surface area (Å²) in [4.78, 5) is 16.5. The van der Waals surface area contributed by atoms with Crippen molar-refractivity contribution in [3.05, 3.63) is 34.9 Å². The minimum absolute atomic E-state index is 0.243. The molecule has 0 bridgehead atoms. The molecule has 1 aromatic carbocycles. The topological polar surface area (TPSA) is 47.9 Å². The second-order valence-corrected chi connectivity index (χ2v) is 5.64. The molecule has 0 aliphatic rings. The molecule has 0 heterocycles. The van der Waals surface area contributed by atoms with Gasteiger partial charge in [0.2, 0.25) is 0 Å². The van der Waals surface area contributed by atoms with E-state index < -0.39 is 5.97 Å². The second-order valence-electron chi connectivity index (χ2n) is 5.64. The van der Waals surface area contributed by atoms with Crippen molar-refractivity contribution in [1.82, 2.24) is 0 Å². The van der Waals surface area contributed by atoms with Crippen LogP contribution in [-0.2, 0) is 20.8 Å². The Balaban J connectivity index is 2.80. The monoisotopic (exact) mass is 329 g/mol. The maximum Gasteiger partial charge on any atom is 0.356 e. The first-order valence-corrected chi connectivity index (χ1v) is 8.39. The standard InChI is InChI=1S/C20H27NO3/c1-5-6-7-8-9-10-11-17-13-12-16(2)18(14-17)15-19(21-24-4)20(22)23-3/h12-14H,5-9,15H2,1-4H3/b21-19+. The molecule has 1 aromatic rings. The fourth-order valence-corrected chi connectivity index (χ4v) is 2.29. The molecule has 0 spiro atoms. The van der Waals surface area contributed by atoms with Crippen LogP contribution in [0.25, 0.3) is 0 Å². The molecule has 24 heavy (non-hydrogen) atoms. The number of oxime groups is 1. The largest absolute Gasteiger partial charge is 0.464 e. The molecule has 0 aliphatic heterocycles. The highest BCUT2D eigenvalue weighted by Crippen LogP contribution is 2.13. The zero-order valence-corrected chi connectivity index (χ0v) is 15.1. The SMILES string of the molecule is CCCCCCC#Cc1ccc(C)c(C/C(=N\OC)C(=O)OC)c1. The molecule has 0 N–H and O–H groups in total. The summed E-state index contributed by atoms with van der Waals surface area (Å²) in [6.07, 6.45) is 6.17. The first-order valence-electron chi connectivity index (χ1n) is 8.39. The Bertz CT molecular complexity index is 624. The summed E-state index contributed by atoms with van der Waals surface area (Å²) in [5.41, 5.74) is 3.27. The highest BCUT2D eigenvalue weighted by Gasteiger charge is 2.15. The average Bonchev–Trinajstić information content (AvgIpc) is 2.59. The molecule has 0 fully saturated rings. The quantitative estimate of drug-likeness (QED) is 0.238. The molecular weight excluding hydrogens is 302 g/mol. The lowest BCUT2D eigenvalue weighted by atomic mass is 10.00. The molecule has 0 aromatic heterocycles. The molecule has 130 valence electrons. The smallest absolute Gasteiger partial charge is 0.356 e. The van der Waals surface area contributed by atoms with E-state index in [0.29, 0.717) is 6.42 Å². The Morgan fingerprint density at radius 1 is 1.21 bits per heavy atom. The van der Waals surface area contributed by atoms with E-state index in [-0.39, 0.29) is 5.71 Å². The number of hydrogen-bond acceptors (Lipinski definition) is 4. The minimum Gasteiger partial charge on any atom is -0.464 e. The van der Waals surface area contributed by atoms with Gasteiger partial charge in [-0.05, 0) is 36.6 Å². The van der Waals surface area contributed by atoms with Crippen LogP contribution < -0.4 is 0 Å². The van der Waals surface area contributed by atoms with Gasteiger partial charge < -0.3 is 9.57 Å². The van der Waals surface area contributed by atoms with Crippen LogP contribution >= 0.6 is 0 Å². The van der Waals surface area contributed by atoms with Crippen molar-refractivity contribution in [3.8, 4) is 11.8 Å². The molecule has 4 heteroatoms. The number of nitrogens with zero attached hydrogens (tertiary/aromatic N) is 1. The van der Waals surface area contributed by atoms with E-state index in [1.54, 1.807) is 0 Å². The van der Waals surface area contributed by atoms with Gasteiger partial charge in [-0.2, -0.15) is 0 Å². The number of methoxy groups -OCH3 is 1. The predicted octanol–water partition coefficient (Wildman–Crippen LogP) is 4.03. The molecule has 0 radical (unpaired) electrons. The average molecular weight is 329 g/mol. The van der Waals surface area contributed by atoms with Gasteiger partial charge in [-0.25, -0.2) is 4.79 Å². The van der Waals surface area contributed by atoms with Crippen LogP contribution in [0.5, 0.6) is 0 Å². The van der Waals surface area contributed by atoms with Gasteiger partial charge in [0, 0.05) is 18.4 Å². The summed E-state index contributed by atoms with van der Waals surface area (Å²) in [5.74, 6) is 5.94. The van der Waals surface area contributed by atoms with E-state index in [1.807, 2.05) is 25.1 Å². The van der Waals surface area contributed by atoms with Crippen molar-refractivity contribution in [2.45, 2.75) is 52.4 Å². The van der Waals surface area contributed by atoms with Crippen molar-refractivity contribution in [2.75, 3.05) is 14.2 Å². The lowest BCUT2D eigenvalue weighted by molar-refractivity contribution is -0.133. The number of esters is 1. The second kappa shape index (κ2) is 11.3. The number of carbonyl (C=O) groups is 1. The van der Waals surface area contributed by atoms with E-state index in [1.165, 1.54) is 33.5 Å². The Morgan fingerprint density at radius 2 is 2.00 bits per heavy atom. The molecule has 0 amide bonds. The molecule has 0 atom stereocenters. The van der Waals surface area contributed by atoms with E-state index in [9.17, 15) is 4.79 Å². The van der Waals surface area contributed by atoms with Crippen molar-refractivity contribution in [3.63, 3.8) is 0 Å². The third-order valence-electron chi connectivity index (χ3n) is 3.72. The normalized spacial score (nSPS) is 10.8. The summed E-state index contributed by atoms with van der Waals surface area (Å²) in [7, 11) is 2.75. The Morgan fingerprint density at radius 3 is 2.67 bits per heavy atom. The maximum absolute atomic E-state index is 11.7. The highest BCUT2D eigenvalue weighted by atomic mass is 16.6. The number of carbonyl (C=O) groups excluding carboxylic acids is 1. The first-order chi connectivity index (χ1) is 11.6. The van der Waals surface area contributed by atoms with Gasteiger partial charge in [-0.1, -0.05) is 49.2 Å². The van der Waals surface area contributed by atoms with E-state index in [0.717, 1.165) is 29.5 Å². The number of ether oxygens (including phenoxy) is 1. The number of unbranched alkanes of at least 4 members (excludes halogenated alkanes) is 4. The van der Waals surface area contributed by atoms with E-state index in [4.69, 9.17) is 9.57 Å². The molecule has 0 saturated heterocycles. The summed E-state index contributed by atoms with van der Waals surface area (Å²) in [6, 6.07) is 6.02. The summed E-state index contributed by atoms with van der Waals surface area (Å²) >= 11 is 0. The van der Waals surface area contributed by atoms with Crippen LogP contribution in [0.2, 0.25) is 0 Å². The van der Waals surface area contributed by atoms with Crippen molar-refractivity contribution in [1.29, 1.82) is 0 Å². The number of rotatable bonds is 8. The maximum atomic E-state index is 11.7. The van der Waals surface area contributed by atoms with Crippen LogP contribution in [-0.4, -0.2) is 25.9 Å². The summed E-state index contributed by atoms with van der Waals surface area (Å²) in [5, 5.41) is 3.77. The summed E-state index contributed by atoms with van der Waals surface area (Å²) < 4.78 is 4.74. The van der Waals surface area contributed by atoms with Gasteiger partial charge in [0.15, 0.2) is 5.71 Å². The van der Waals surface area contributed by atoms with Gasteiger partial charge in [-0.3, -0.25) is 0 Å². The number of aryl methyl sites for hydroxylation is 1. The molecule has 0 aliphatic carbocycles. The molecule has 4 nitrogen and oxygen atoms in total. The fourth-order valence-electron chi connectivity index (χ4n) is 2.29. The van der Waals surface area contributed by atoms with Gasteiger partial charge in [0.05, 0.1) is 7.11 Å². The van der Waals surface area contributed by atoms with E-state index in [2.05, 4.69) is 23.9 Å². The van der Waals surface area contributed by atoms with Crippen molar-refractivity contribution in [2.24, 2.45) is 5.16 Å². The van der Waals surface area contributed by atoms with E-state index >= 15 is 0 Å². The lowest BCUT2D eigenvalue weighted by Crippen LogP contribution is -2.19. The minimum atomic E-state index is -0.483. The third kappa shape index (κ3) is 6.87. The molecule has 0 unspecified atom stereocenters. The summed E-state index contributed by atoms with van der Waals surface area (Å²) in [6.45, 7) is 4.20. The van der Waals surface area contributed by atoms with Crippen LogP contribution in [0.15, 0.2) is 23.4 Å². The van der Waals surface area contributed by atoms with Crippen molar-refractivity contribution < 1.29 is 14.4 Å². The number of hydrogen-bond donors (Lipinski definition) is 0.